The summed E-state index contributed by atoms with van der Waals surface area (Å²) < 4.78 is 35.3. The first kappa shape index (κ1) is 12.5. The number of ether oxygens (including phenoxy) is 2. The summed E-state index contributed by atoms with van der Waals surface area (Å²) in [5.74, 6) is -0.262. The standard InChI is InChI=1S/C11H15NO4S/c13-17(14)9-16-8-11(12-17)7-15-6-10-4-2-1-3-5-10/h1-5,11-12H,6-9H2/t11-/m1/s1. The maximum absolute atomic E-state index is 11.2. The number of sulfonamides is 1. The maximum atomic E-state index is 11.2. The Morgan fingerprint density at radius 1 is 1.35 bits per heavy atom. The summed E-state index contributed by atoms with van der Waals surface area (Å²) in [4.78, 5) is 0. The van der Waals surface area contributed by atoms with Crippen molar-refractivity contribution in [3.8, 4) is 0 Å². The zero-order chi connectivity index (χ0) is 12.1. The first-order chi connectivity index (χ1) is 8.16. The van der Waals surface area contributed by atoms with Crippen LogP contribution in [0.4, 0.5) is 0 Å². The Balaban J connectivity index is 1.76. The molecule has 0 saturated carbocycles. The molecule has 1 aromatic rings. The van der Waals surface area contributed by atoms with Crippen LogP contribution in [0.3, 0.4) is 0 Å². The van der Waals surface area contributed by atoms with Crippen molar-refractivity contribution in [2.45, 2.75) is 12.6 Å². The van der Waals surface area contributed by atoms with E-state index in [1.165, 1.54) is 0 Å². The van der Waals surface area contributed by atoms with Gasteiger partial charge < -0.3 is 9.47 Å². The van der Waals surface area contributed by atoms with Gasteiger partial charge in [0.2, 0.25) is 10.0 Å². The molecule has 6 heteroatoms. The van der Waals surface area contributed by atoms with Crippen LogP contribution in [0.1, 0.15) is 5.56 Å². The molecule has 2 rings (SSSR count). The molecule has 1 aromatic carbocycles. The van der Waals surface area contributed by atoms with Crippen LogP contribution in [-0.4, -0.2) is 33.6 Å². The van der Waals surface area contributed by atoms with Crippen LogP contribution in [0.15, 0.2) is 30.3 Å². The van der Waals surface area contributed by atoms with E-state index < -0.39 is 10.0 Å². The smallest absolute Gasteiger partial charge is 0.236 e. The lowest BCUT2D eigenvalue weighted by atomic mass is 10.2. The zero-order valence-electron chi connectivity index (χ0n) is 9.33. The SMILES string of the molecule is O=S1(=O)COC[C@@H](COCc2ccccc2)N1. The Morgan fingerprint density at radius 3 is 2.82 bits per heavy atom. The lowest BCUT2D eigenvalue weighted by molar-refractivity contribution is 0.0594. The third-order valence-electron chi connectivity index (χ3n) is 2.33. The fourth-order valence-electron chi connectivity index (χ4n) is 1.60. The molecule has 5 nitrogen and oxygen atoms in total. The van der Waals surface area contributed by atoms with Gasteiger partial charge in [-0.05, 0) is 5.56 Å². The normalized spacial score (nSPS) is 23.4. The van der Waals surface area contributed by atoms with E-state index >= 15 is 0 Å². The molecule has 0 unspecified atom stereocenters. The Kier molecular flexibility index (Phi) is 4.11. The van der Waals surface area contributed by atoms with Gasteiger partial charge >= 0.3 is 0 Å². The van der Waals surface area contributed by atoms with E-state index in [9.17, 15) is 8.42 Å². The van der Waals surface area contributed by atoms with Gasteiger partial charge in [-0.3, -0.25) is 0 Å². The quantitative estimate of drug-likeness (QED) is 0.852. The molecule has 0 bridgehead atoms. The molecule has 0 spiro atoms. The molecule has 94 valence electrons. The van der Waals surface area contributed by atoms with E-state index in [2.05, 4.69) is 4.72 Å². The second-order valence-electron chi connectivity index (χ2n) is 3.92. The van der Waals surface area contributed by atoms with Crippen LogP contribution in [0, 0.1) is 0 Å². The van der Waals surface area contributed by atoms with Crippen LogP contribution in [0.5, 0.6) is 0 Å². The van der Waals surface area contributed by atoms with E-state index in [1.54, 1.807) is 0 Å². The van der Waals surface area contributed by atoms with E-state index in [0.717, 1.165) is 5.56 Å². The Bertz CT molecular complexity index is 446. The van der Waals surface area contributed by atoms with Gasteiger partial charge in [0.15, 0.2) is 5.94 Å². The molecule has 1 heterocycles. The van der Waals surface area contributed by atoms with Gasteiger partial charge in [0.25, 0.3) is 0 Å². The topological polar surface area (TPSA) is 64.6 Å². The van der Waals surface area contributed by atoms with Gasteiger partial charge in [0.1, 0.15) is 0 Å². The summed E-state index contributed by atoms with van der Waals surface area (Å²) in [6.45, 7) is 1.14. The first-order valence-electron chi connectivity index (χ1n) is 5.35. The van der Waals surface area contributed by atoms with Crippen molar-refractivity contribution in [3.05, 3.63) is 35.9 Å². The van der Waals surface area contributed by atoms with Crippen LogP contribution in [-0.2, 0) is 26.1 Å². The largest absolute Gasteiger partial charge is 0.375 e. The third-order valence-corrected chi connectivity index (χ3v) is 3.50. The van der Waals surface area contributed by atoms with E-state index in [4.69, 9.17) is 9.47 Å². The summed E-state index contributed by atoms with van der Waals surface area (Å²) >= 11 is 0. The second-order valence-corrected chi connectivity index (χ2v) is 5.62. The summed E-state index contributed by atoms with van der Waals surface area (Å²) in [6, 6.07) is 9.43. The highest BCUT2D eigenvalue weighted by molar-refractivity contribution is 7.89. The minimum absolute atomic E-state index is 0.262. The van der Waals surface area contributed by atoms with Crippen LogP contribution >= 0.6 is 0 Å². The van der Waals surface area contributed by atoms with Gasteiger partial charge in [0.05, 0.1) is 25.9 Å². The molecular weight excluding hydrogens is 242 g/mol. The molecule has 0 aromatic heterocycles. The highest BCUT2D eigenvalue weighted by Gasteiger charge is 2.24. The molecule has 0 radical (unpaired) electrons. The van der Waals surface area contributed by atoms with E-state index in [0.29, 0.717) is 19.8 Å². The van der Waals surface area contributed by atoms with E-state index in [-0.39, 0.29) is 12.0 Å². The van der Waals surface area contributed by atoms with Crippen LogP contribution in [0.25, 0.3) is 0 Å². The average molecular weight is 257 g/mol. The summed E-state index contributed by atoms with van der Waals surface area (Å²) in [7, 11) is -3.28. The molecule has 1 fully saturated rings. The highest BCUT2D eigenvalue weighted by Crippen LogP contribution is 2.04. The predicted molar refractivity (Wildman–Crippen MR) is 62.8 cm³/mol. The average Bonchev–Trinajstić information content (AvgIpc) is 2.29. The minimum atomic E-state index is -3.28. The first-order valence-corrected chi connectivity index (χ1v) is 7.00. The molecular formula is C11H15NO4S. The summed E-state index contributed by atoms with van der Waals surface area (Å²) in [5, 5.41) is 0. The van der Waals surface area contributed by atoms with Crippen molar-refractivity contribution >= 4 is 10.0 Å². The zero-order valence-corrected chi connectivity index (χ0v) is 10.2. The van der Waals surface area contributed by atoms with Crippen molar-refractivity contribution in [2.24, 2.45) is 0 Å². The molecule has 1 saturated heterocycles. The number of benzene rings is 1. The second kappa shape index (κ2) is 5.59. The number of hydrogen-bond acceptors (Lipinski definition) is 4. The van der Waals surface area contributed by atoms with Gasteiger partial charge in [-0.2, -0.15) is 0 Å². The van der Waals surface area contributed by atoms with Gasteiger partial charge in [0, 0.05) is 0 Å². The van der Waals surface area contributed by atoms with Crippen LogP contribution < -0.4 is 4.72 Å². The number of rotatable bonds is 4. The highest BCUT2D eigenvalue weighted by atomic mass is 32.2. The van der Waals surface area contributed by atoms with Crippen molar-refractivity contribution in [1.82, 2.24) is 4.72 Å². The molecule has 1 aliphatic heterocycles. The lowest BCUT2D eigenvalue weighted by Gasteiger charge is -2.23. The number of hydrogen-bond donors (Lipinski definition) is 1. The summed E-state index contributed by atoms with van der Waals surface area (Å²) in [5.41, 5.74) is 1.06. The Labute approximate surface area is 101 Å². The van der Waals surface area contributed by atoms with Gasteiger partial charge in [-0.15, -0.1) is 0 Å². The third kappa shape index (κ3) is 4.08. The monoisotopic (exact) mass is 257 g/mol. The van der Waals surface area contributed by atoms with Crippen LogP contribution in [0.2, 0.25) is 0 Å². The minimum Gasteiger partial charge on any atom is -0.375 e. The lowest BCUT2D eigenvalue weighted by Crippen LogP contribution is -2.47. The van der Waals surface area contributed by atoms with Crippen molar-refractivity contribution < 1.29 is 17.9 Å². The van der Waals surface area contributed by atoms with Gasteiger partial charge in [-0.1, -0.05) is 30.3 Å². The fraction of sp³-hybridized carbons (Fsp3) is 0.455. The van der Waals surface area contributed by atoms with Gasteiger partial charge in [-0.25, -0.2) is 13.1 Å². The maximum Gasteiger partial charge on any atom is 0.236 e. The molecule has 0 amide bonds. The van der Waals surface area contributed by atoms with Crippen molar-refractivity contribution in [2.75, 3.05) is 19.2 Å². The van der Waals surface area contributed by atoms with E-state index in [1.807, 2.05) is 30.3 Å². The summed E-state index contributed by atoms with van der Waals surface area (Å²) in [6.07, 6.45) is 0. The fourth-order valence-corrected chi connectivity index (χ4v) is 2.63. The number of nitrogens with one attached hydrogen (secondary N) is 1. The molecule has 1 N–H and O–H groups in total. The Hall–Kier alpha value is -0.950. The Morgan fingerprint density at radius 2 is 2.12 bits per heavy atom. The predicted octanol–water partition coefficient (Wildman–Crippen LogP) is 0.479. The molecule has 17 heavy (non-hydrogen) atoms. The van der Waals surface area contributed by atoms with Crippen molar-refractivity contribution in [1.29, 1.82) is 0 Å². The molecule has 0 aliphatic carbocycles. The molecule has 1 atom stereocenters. The van der Waals surface area contributed by atoms with Crippen molar-refractivity contribution in [3.63, 3.8) is 0 Å². The molecule has 1 aliphatic rings.